The number of likely N-dealkylation sites (tertiary alicyclic amines) is 1. The third-order valence-electron chi connectivity index (χ3n) is 3.09. The maximum absolute atomic E-state index is 11.7. The van der Waals surface area contributed by atoms with Crippen molar-refractivity contribution in [1.29, 1.82) is 0 Å². The molecule has 3 atom stereocenters. The summed E-state index contributed by atoms with van der Waals surface area (Å²) in [5, 5.41) is 21.6. The number of carbonyl (C=O) groups is 2. The number of hydrogen-bond donors (Lipinski definition) is 3. The molecule has 1 unspecified atom stereocenters. The second-order valence-electron chi connectivity index (χ2n) is 6.25. The van der Waals surface area contributed by atoms with E-state index >= 15 is 0 Å². The van der Waals surface area contributed by atoms with Crippen LogP contribution in [0.2, 0.25) is 0 Å². The first-order valence-electron chi connectivity index (χ1n) is 6.75. The Morgan fingerprint density at radius 2 is 1.90 bits per heavy atom. The van der Waals surface area contributed by atoms with Crippen LogP contribution < -0.4 is 5.32 Å². The van der Waals surface area contributed by atoms with Crippen LogP contribution in [0.25, 0.3) is 0 Å². The lowest BCUT2D eigenvalue weighted by atomic mass is 10.1. The Morgan fingerprint density at radius 3 is 2.40 bits per heavy atom. The molecule has 1 aliphatic rings. The van der Waals surface area contributed by atoms with Crippen LogP contribution in [0.1, 0.15) is 40.5 Å². The topological polar surface area (TPSA) is 99.1 Å². The van der Waals surface area contributed by atoms with E-state index in [1.54, 1.807) is 27.7 Å². The van der Waals surface area contributed by atoms with Gasteiger partial charge in [0, 0.05) is 12.6 Å². The Balaban J connectivity index is 2.68. The van der Waals surface area contributed by atoms with Gasteiger partial charge in [-0.2, -0.15) is 0 Å². The van der Waals surface area contributed by atoms with E-state index < -0.39 is 29.9 Å². The summed E-state index contributed by atoms with van der Waals surface area (Å²) in [4.78, 5) is 24.1. The summed E-state index contributed by atoms with van der Waals surface area (Å²) in [5.74, 6) is 0. The Hall–Kier alpha value is -1.50. The minimum absolute atomic E-state index is 0.146. The number of alkyl carbamates (subject to hydrolysis) is 1. The molecule has 0 radical (unpaired) electrons. The van der Waals surface area contributed by atoms with Gasteiger partial charge in [-0.15, -0.1) is 0 Å². The monoisotopic (exact) mass is 288 g/mol. The van der Waals surface area contributed by atoms with Gasteiger partial charge in [0.1, 0.15) is 5.60 Å². The molecule has 3 N–H and O–H groups in total. The molecule has 1 heterocycles. The fourth-order valence-corrected chi connectivity index (χ4v) is 2.28. The summed E-state index contributed by atoms with van der Waals surface area (Å²) in [6, 6.07) is -0.742. The molecule has 7 heteroatoms. The molecule has 1 fully saturated rings. The molecule has 20 heavy (non-hydrogen) atoms. The molecule has 0 aromatic heterocycles. The van der Waals surface area contributed by atoms with Gasteiger partial charge in [0.05, 0.1) is 12.1 Å². The van der Waals surface area contributed by atoms with Crippen molar-refractivity contribution >= 4 is 12.2 Å². The number of hydrogen-bond acceptors (Lipinski definition) is 4. The third kappa shape index (κ3) is 5.24. The highest BCUT2D eigenvalue weighted by Crippen LogP contribution is 2.18. The fourth-order valence-electron chi connectivity index (χ4n) is 2.28. The highest BCUT2D eigenvalue weighted by Gasteiger charge is 2.32. The average molecular weight is 288 g/mol. The Kier molecular flexibility index (Phi) is 5.21. The normalized spacial score (nSPS) is 27.6. The van der Waals surface area contributed by atoms with Crippen LogP contribution in [0.3, 0.4) is 0 Å². The van der Waals surface area contributed by atoms with Crippen molar-refractivity contribution in [3.63, 3.8) is 0 Å². The van der Waals surface area contributed by atoms with Crippen molar-refractivity contribution in [3.05, 3.63) is 0 Å². The number of aliphatic hydroxyl groups excluding tert-OH is 1. The number of rotatable bonds is 1. The van der Waals surface area contributed by atoms with Gasteiger partial charge in [-0.05, 0) is 40.5 Å². The van der Waals surface area contributed by atoms with E-state index in [1.165, 1.54) is 4.90 Å². The molecule has 116 valence electrons. The maximum Gasteiger partial charge on any atom is 0.407 e. The molecular formula is C13H24N2O5. The minimum Gasteiger partial charge on any atom is -0.465 e. The predicted molar refractivity (Wildman–Crippen MR) is 72.6 cm³/mol. The number of nitrogens with zero attached hydrogens (tertiary/aromatic N) is 1. The number of amides is 2. The Labute approximate surface area is 118 Å². The van der Waals surface area contributed by atoms with E-state index in [1.807, 2.05) is 0 Å². The van der Waals surface area contributed by atoms with Gasteiger partial charge in [-0.25, -0.2) is 9.59 Å². The maximum atomic E-state index is 11.7. The van der Waals surface area contributed by atoms with Gasteiger partial charge in [0.2, 0.25) is 0 Å². The van der Waals surface area contributed by atoms with Crippen molar-refractivity contribution < 1.29 is 24.5 Å². The Bertz CT molecular complexity index is 366. The Morgan fingerprint density at radius 1 is 1.30 bits per heavy atom. The van der Waals surface area contributed by atoms with Crippen molar-refractivity contribution in [1.82, 2.24) is 10.2 Å². The highest BCUT2D eigenvalue weighted by atomic mass is 16.6. The molecular weight excluding hydrogens is 264 g/mol. The van der Waals surface area contributed by atoms with Crippen molar-refractivity contribution in [3.8, 4) is 0 Å². The van der Waals surface area contributed by atoms with E-state index in [2.05, 4.69) is 5.32 Å². The number of carbonyl (C=O) groups excluding carboxylic acids is 1. The lowest BCUT2D eigenvalue weighted by molar-refractivity contribution is 0.0479. The summed E-state index contributed by atoms with van der Waals surface area (Å²) in [7, 11) is 0. The first-order chi connectivity index (χ1) is 9.08. The summed E-state index contributed by atoms with van der Waals surface area (Å²) >= 11 is 0. The number of ether oxygens (including phenoxy) is 1. The zero-order valence-electron chi connectivity index (χ0n) is 12.4. The molecule has 1 aliphatic heterocycles. The van der Waals surface area contributed by atoms with Crippen LogP contribution in [0.4, 0.5) is 9.59 Å². The number of nitrogens with one attached hydrogen (secondary N) is 1. The molecule has 1 rings (SSSR count). The van der Waals surface area contributed by atoms with Gasteiger partial charge >= 0.3 is 12.2 Å². The fraction of sp³-hybridized carbons (Fsp3) is 0.846. The smallest absolute Gasteiger partial charge is 0.407 e. The van der Waals surface area contributed by atoms with Gasteiger partial charge in [0.25, 0.3) is 0 Å². The highest BCUT2D eigenvalue weighted by molar-refractivity contribution is 5.69. The molecule has 7 nitrogen and oxygen atoms in total. The molecule has 2 amide bonds. The molecule has 0 aliphatic carbocycles. The molecule has 0 spiro atoms. The van der Waals surface area contributed by atoms with E-state index in [0.29, 0.717) is 12.8 Å². The van der Waals surface area contributed by atoms with Crippen LogP contribution in [0, 0.1) is 0 Å². The van der Waals surface area contributed by atoms with Crippen molar-refractivity contribution in [2.45, 2.75) is 64.3 Å². The molecule has 0 aromatic rings. The van der Waals surface area contributed by atoms with Crippen molar-refractivity contribution in [2.75, 3.05) is 6.54 Å². The van der Waals surface area contributed by atoms with Gasteiger partial charge < -0.3 is 25.2 Å². The standard InChI is InChI=1S/C13H24N2O5/c1-8-5-10(16)6-9(7-15(8)12(18)19)14-11(17)20-13(2,3)4/h8-10,16H,5-7H2,1-4H3,(H,14,17)(H,18,19)/t8-,9-,10?/m0/s1. The van der Waals surface area contributed by atoms with Crippen molar-refractivity contribution in [2.24, 2.45) is 0 Å². The summed E-state index contributed by atoms with van der Waals surface area (Å²) in [5.41, 5.74) is -0.618. The molecule has 1 saturated heterocycles. The second kappa shape index (κ2) is 6.30. The molecule has 0 aromatic carbocycles. The quantitative estimate of drug-likeness (QED) is 0.677. The number of aliphatic hydroxyl groups is 1. The number of carboxylic acid groups (broad SMARTS) is 1. The van der Waals surface area contributed by atoms with Crippen LogP contribution in [-0.2, 0) is 4.74 Å². The largest absolute Gasteiger partial charge is 0.465 e. The van der Waals surface area contributed by atoms with Crippen LogP contribution >= 0.6 is 0 Å². The lowest BCUT2D eigenvalue weighted by Gasteiger charge is -2.27. The second-order valence-corrected chi connectivity index (χ2v) is 6.25. The first-order valence-corrected chi connectivity index (χ1v) is 6.75. The van der Waals surface area contributed by atoms with Crippen LogP contribution in [0.15, 0.2) is 0 Å². The van der Waals surface area contributed by atoms with Crippen LogP contribution in [-0.4, -0.2) is 57.6 Å². The van der Waals surface area contributed by atoms with E-state index in [4.69, 9.17) is 9.84 Å². The SMILES string of the molecule is C[C@H]1CC(O)C[C@H](NC(=O)OC(C)(C)C)CN1C(=O)O. The van der Waals surface area contributed by atoms with Crippen LogP contribution in [0.5, 0.6) is 0 Å². The first kappa shape index (κ1) is 16.6. The molecule has 0 bridgehead atoms. The third-order valence-corrected chi connectivity index (χ3v) is 3.09. The molecule has 0 saturated carbocycles. The van der Waals surface area contributed by atoms with E-state index in [9.17, 15) is 14.7 Å². The van der Waals surface area contributed by atoms with E-state index in [0.717, 1.165) is 0 Å². The van der Waals surface area contributed by atoms with Gasteiger partial charge in [-0.3, -0.25) is 0 Å². The summed E-state index contributed by atoms with van der Waals surface area (Å²) in [6.07, 6.45) is -1.63. The van der Waals surface area contributed by atoms with Gasteiger partial charge in [0.15, 0.2) is 0 Å². The zero-order chi connectivity index (χ0) is 15.5. The predicted octanol–water partition coefficient (Wildman–Crippen LogP) is 1.40. The summed E-state index contributed by atoms with van der Waals surface area (Å²) in [6.45, 7) is 7.14. The van der Waals surface area contributed by atoms with E-state index in [-0.39, 0.29) is 12.6 Å². The average Bonchev–Trinajstić information content (AvgIpc) is 2.33. The van der Waals surface area contributed by atoms with Gasteiger partial charge in [-0.1, -0.05) is 0 Å². The summed E-state index contributed by atoms with van der Waals surface area (Å²) < 4.78 is 5.14. The zero-order valence-corrected chi connectivity index (χ0v) is 12.4. The minimum atomic E-state index is -1.05. The lowest BCUT2D eigenvalue weighted by Crippen LogP contribution is -2.47.